The van der Waals surface area contributed by atoms with Crippen molar-refractivity contribution < 1.29 is 41.0 Å². The monoisotopic (exact) mass is 460 g/mol. The van der Waals surface area contributed by atoms with Gasteiger partial charge in [0.2, 0.25) is 0 Å². The molecule has 0 aromatic heterocycles. The molecule has 184 valence electrons. The Hall–Kier alpha value is -1.41. The molecule has 1 unspecified atom stereocenters. The van der Waals surface area contributed by atoms with Crippen molar-refractivity contribution in [3.63, 3.8) is 0 Å². The summed E-state index contributed by atoms with van der Waals surface area (Å²) < 4.78 is 72.9. The lowest BCUT2D eigenvalue weighted by molar-refractivity contribution is -0.294. The maximum Gasteiger partial charge on any atom is 0.456 e. The molecular weight excluding hydrogens is 423 g/mol. The fourth-order valence-corrected chi connectivity index (χ4v) is 2.97. The van der Waals surface area contributed by atoms with Gasteiger partial charge in [-0.05, 0) is 30.1 Å². The van der Waals surface area contributed by atoms with Gasteiger partial charge in [0, 0.05) is 0 Å². The number of ether oxygens (including phenoxy) is 2. The molecule has 0 heterocycles. The topological polar surface area (TPSA) is 52.6 Å². The van der Waals surface area contributed by atoms with Crippen LogP contribution in [-0.2, 0) is 19.1 Å². The van der Waals surface area contributed by atoms with Gasteiger partial charge in [-0.2, -0.15) is 22.0 Å². The van der Waals surface area contributed by atoms with Gasteiger partial charge in [0.05, 0.1) is 12.3 Å². The molecule has 0 N–H and O–H groups in total. The molecule has 0 spiro atoms. The lowest BCUT2D eigenvalue weighted by Crippen LogP contribution is -2.44. The van der Waals surface area contributed by atoms with E-state index in [0.29, 0.717) is 6.42 Å². The largest absolute Gasteiger partial charge is 0.459 e. The quantitative estimate of drug-likeness (QED) is 0.254. The molecule has 0 amide bonds. The number of carbonyl (C=O) groups is 2. The first-order valence-electron chi connectivity index (χ1n) is 10.6. The first-order valence-corrected chi connectivity index (χ1v) is 10.6. The van der Waals surface area contributed by atoms with E-state index in [4.69, 9.17) is 4.74 Å². The number of hydrogen-bond acceptors (Lipinski definition) is 4. The van der Waals surface area contributed by atoms with E-state index < -0.39 is 54.0 Å². The van der Waals surface area contributed by atoms with Crippen LogP contribution < -0.4 is 0 Å². The van der Waals surface area contributed by atoms with Gasteiger partial charge >= 0.3 is 24.0 Å². The molecule has 0 rings (SSSR count). The Morgan fingerprint density at radius 1 is 0.839 bits per heavy atom. The first kappa shape index (κ1) is 29.6. The van der Waals surface area contributed by atoms with Crippen molar-refractivity contribution in [1.29, 1.82) is 0 Å². The maximum atomic E-state index is 13.1. The maximum absolute atomic E-state index is 13.1. The number of esters is 2. The SMILES string of the molecule is CCC(C)(C)CC(C(=O)OC(CC)(CC)CC(=O)OCC(F)(F)C(F)(F)F)C(C)(C)C. The van der Waals surface area contributed by atoms with E-state index in [1.807, 2.05) is 41.5 Å². The summed E-state index contributed by atoms with van der Waals surface area (Å²) in [6.07, 6.45) is -4.70. The standard InChI is InChI=1S/C22H37F5O4/c1-9-19(7,8)12-15(18(4,5)6)17(29)31-20(10-2,11-3)13-16(28)30-14-21(23,24)22(25,26)27/h15H,9-14H2,1-8H3. The third kappa shape index (κ3) is 8.93. The van der Waals surface area contributed by atoms with Gasteiger partial charge in [-0.1, -0.05) is 61.8 Å². The van der Waals surface area contributed by atoms with Crippen molar-refractivity contribution in [3.8, 4) is 0 Å². The predicted octanol–water partition coefficient (Wildman–Crippen LogP) is 6.71. The fraction of sp³-hybridized carbons (Fsp3) is 0.909. The summed E-state index contributed by atoms with van der Waals surface area (Å²) in [5, 5.41) is 0. The van der Waals surface area contributed by atoms with Crippen LogP contribution in [0.15, 0.2) is 0 Å². The van der Waals surface area contributed by atoms with E-state index in [0.717, 1.165) is 6.42 Å². The Morgan fingerprint density at radius 2 is 1.32 bits per heavy atom. The molecule has 0 aliphatic carbocycles. The average Bonchev–Trinajstić information content (AvgIpc) is 2.62. The minimum atomic E-state index is -5.82. The summed E-state index contributed by atoms with van der Waals surface area (Å²) in [5.41, 5.74) is -1.92. The van der Waals surface area contributed by atoms with Gasteiger partial charge in [0.15, 0.2) is 6.61 Å². The molecule has 1 atom stereocenters. The van der Waals surface area contributed by atoms with Gasteiger partial charge in [0.25, 0.3) is 0 Å². The van der Waals surface area contributed by atoms with Crippen molar-refractivity contribution >= 4 is 11.9 Å². The zero-order chi connectivity index (χ0) is 24.9. The van der Waals surface area contributed by atoms with Crippen LogP contribution in [0.5, 0.6) is 0 Å². The van der Waals surface area contributed by atoms with E-state index in [1.54, 1.807) is 13.8 Å². The number of rotatable bonds is 11. The highest BCUT2D eigenvalue weighted by Crippen LogP contribution is 2.40. The Morgan fingerprint density at radius 3 is 1.68 bits per heavy atom. The number of hydrogen-bond donors (Lipinski definition) is 0. The Kier molecular flexibility index (Phi) is 9.99. The Labute approximate surface area is 182 Å². The normalized spacial score (nSPS) is 14.9. The van der Waals surface area contributed by atoms with Crippen LogP contribution in [-0.4, -0.2) is 36.2 Å². The molecule has 31 heavy (non-hydrogen) atoms. The molecule has 0 aliphatic heterocycles. The minimum Gasteiger partial charge on any atom is -0.459 e. The summed E-state index contributed by atoms with van der Waals surface area (Å²) in [6.45, 7) is 13.0. The highest BCUT2D eigenvalue weighted by Gasteiger charge is 2.58. The van der Waals surface area contributed by atoms with Crippen molar-refractivity contribution in [2.24, 2.45) is 16.7 Å². The van der Waals surface area contributed by atoms with Gasteiger partial charge in [-0.25, -0.2) is 0 Å². The Bertz CT molecular complexity index is 602. The van der Waals surface area contributed by atoms with Crippen molar-refractivity contribution in [2.75, 3.05) is 6.61 Å². The van der Waals surface area contributed by atoms with Crippen molar-refractivity contribution in [3.05, 3.63) is 0 Å². The second-order valence-electron chi connectivity index (χ2n) is 9.99. The summed E-state index contributed by atoms with van der Waals surface area (Å²) in [6, 6.07) is 0. The number of alkyl halides is 5. The molecule has 0 bridgehead atoms. The molecule has 0 aliphatic rings. The van der Waals surface area contributed by atoms with Gasteiger partial charge in [-0.3, -0.25) is 9.59 Å². The zero-order valence-corrected chi connectivity index (χ0v) is 19.8. The van der Waals surface area contributed by atoms with E-state index in [1.165, 1.54) is 0 Å². The van der Waals surface area contributed by atoms with E-state index in [9.17, 15) is 31.5 Å². The predicted molar refractivity (Wildman–Crippen MR) is 108 cm³/mol. The van der Waals surface area contributed by atoms with Crippen LogP contribution in [0.1, 0.15) is 87.5 Å². The third-order valence-corrected chi connectivity index (χ3v) is 5.95. The van der Waals surface area contributed by atoms with Crippen LogP contribution in [0, 0.1) is 16.7 Å². The smallest absolute Gasteiger partial charge is 0.456 e. The van der Waals surface area contributed by atoms with Crippen LogP contribution in [0.25, 0.3) is 0 Å². The molecule has 0 fully saturated rings. The van der Waals surface area contributed by atoms with Crippen molar-refractivity contribution in [1.82, 2.24) is 0 Å². The van der Waals surface area contributed by atoms with E-state index in [-0.39, 0.29) is 18.3 Å². The van der Waals surface area contributed by atoms with E-state index in [2.05, 4.69) is 4.74 Å². The number of carbonyl (C=O) groups excluding carboxylic acids is 2. The third-order valence-electron chi connectivity index (χ3n) is 5.95. The molecule has 0 aromatic carbocycles. The van der Waals surface area contributed by atoms with Gasteiger partial charge < -0.3 is 9.47 Å². The second kappa shape index (κ2) is 10.5. The summed E-state index contributed by atoms with van der Waals surface area (Å²) in [4.78, 5) is 25.2. The van der Waals surface area contributed by atoms with E-state index >= 15 is 0 Å². The first-order chi connectivity index (χ1) is 13.8. The number of halogens is 5. The second-order valence-corrected chi connectivity index (χ2v) is 9.99. The lowest BCUT2D eigenvalue weighted by atomic mass is 9.70. The van der Waals surface area contributed by atoms with Gasteiger partial charge in [-0.15, -0.1) is 0 Å². The fourth-order valence-electron chi connectivity index (χ4n) is 2.97. The molecule has 0 saturated carbocycles. The molecular formula is C22H37F5O4. The van der Waals surface area contributed by atoms with Crippen LogP contribution in [0.2, 0.25) is 0 Å². The Balaban J connectivity index is 5.47. The average molecular weight is 461 g/mol. The highest BCUT2D eigenvalue weighted by atomic mass is 19.4. The van der Waals surface area contributed by atoms with Crippen LogP contribution in [0.4, 0.5) is 22.0 Å². The molecule has 0 aromatic rings. The summed E-state index contributed by atoms with van der Waals surface area (Å²) in [5.74, 6) is -7.44. The molecule has 0 radical (unpaired) electrons. The van der Waals surface area contributed by atoms with Gasteiger partial charge in [0.1, 0.15) is 5.60 Å². The zero-order valence-electron chi connectivity index (χ0n) is 19.8. The lowest BCUT2D eigenvalue weighted by Gasteiger charge is -2.39. The summed E-state index contributed by atoms with van der Waals surface area (Å²) in [7, 11) is 0. The molecule has 9 heteroatoms. The van der Waals surface area contributed by atoms with Crippen LogP contribution in [0.3, 0.4) is 0 Å². The van der Waals surface area contributed by atoms with Crippen molar-refractivity contribution in [2.45, 2.75) is 105 Å². The highest BCUT2D eigenvalue weighted by molar-refractivity contribution is 5.76. The summed E-state index contributed by atoms with van der Waals surface area (Å²) >= 11 is 0. The molecule has 0 saturated heterocycles. The van der Waals surface area contributed by atoms with Crippen LogP contribution >= 0.6 is 0 Å². The minimum absolute atomic E-state index is 0.139. The molecule has 4 nitrogen and oxygen atoms in total.